The second kappa shape index (κ2) is 20.0. The number of ether oxygens (including phenoxy) is 3. The Kier molecular flexibility index (Phi) is 15.1. The second-order valence-corrected chi connectivity index (χ2v) is 15.2. The Bertz CT molecular complexity index is 1970. The molecule has 322 valence electrons. The number of hydrogen-bond acceptors (Lipinski definition) is 9. The van der Waals surface area contributed by atoms with Crippen molar-refractivity contribution in [3.05, 3.63) is 108 Å². The number of halogens is 3. The summed E-state index contributed by atoms with van der Waals surface area (Å²) in [5, 5.41) is 5.47. The van der Waals surface area contributed by atoms with Crippen molar-refractivity contribution in [1.82, 2.24) is 20.4 Å². The zero-order valence-electron chi connectivity index (χ0n) is 34.0. The van der Waals surface area contributed by atoms with Gasteiger partial charge >= 0.3 is 18.1 Å². The van der Waals surface area contributed by atoms with E-state index in [9.17, 15) is 41.9 Å². The van der Waals surface area contributed by atoms with Crippen LogP contribution in [0.15, 0.2) is 91.0 Å². The molecule has 0 spiro atoms. The largest absolute Gasteiger partial charge is 0.467 e. The zero-order chi connectivity index (χ0) is 43.6. The number of methoxy groups -OCH3 is 2. The maximum Gasteiger partial charge on any atom is 0.432 e. The summed E-state index contributed by atoms with van der Waals surface area (Å²) in [6.07, 6.45) is -5.47. The van der Waals surface area contributed by atoms with Crippen molar-refractivity contribution in [3.63, 3.8) is 0 Å². The molecule has 2 aliphatic heterocycles. The van der Waals surface area contributed by atoms with Crippen molar-refractivity contribution in [2.45, 2.75) is 94.4 Å². The van der Waals surface area contributed by atoms with Crippen molar-refractivity contribution < 1.29 is 56.1 Å². The monoisotopic (exact) mass is 836 g/mol. The number of nitrogens with one attached hydrogen (secondary N) is 2. The first kappa shape index (κ1) is 45.3. The normalized spacial score (nSPS) is 19.1. The summed E-state index contributed by atoms with van der Waals surface area (Å²) in [4.78, 5) is 85.7. The second-order valence-electron chi connectivity index (χ2n) is 15.2. The summed E-state index contributed by atoms with van der Waals surface area (Å²) in [6.45, 7) is 3.35. The number of benzene rings is 3. The van der Waals surface area contributed by atoms with Crippen LogP contribution >= 0.6 is 0 Å². The van der Waals surface area contributed by atoms with Crippen LogP contribution in [-0.2, 0) is 61.4 Å². The molecule has 2 saturated heterocycles. The average Bonchev–Trinajstić information content (AvgIpc) is 3.94. The Morgan fingerprint density at radius 1 is 0.700 bits per heavy atom. The molecule has 0 radical (unpaired) electrons. The highest BCUT2D eigenvalue weighted by atomic mass is 19.4. The van der Waals surface area contributed by atoms with Gasteiger partial charge in [-0.15, -0.1) is 0 Å². The van der Waals surface area contributed by atoms with Crippen molar-refractivity contribution in [3.8, 4) is 0 Å². The van der Waals surface area contributed by atoms with Crippen molar-refractivity contribution in [2.24, 2.45) is 5.92 Å². The first-order chi connectivity index (χ1) is 28.6. The van der Waals surface area contributed by atoms with E-state index < -0.39 is 89.1 Å². The summed E-state index contributed by atoms with van der Waals surface area (Å²) in [5.74, 6) is -6.09. The molecule has 2 N–H and O–H groups in total. The minimum atomic E-state index is -5.29. The molecule has 4 amide bonds. The molecule has 60 heavy (non-hydrogen) atoms. The molecule has 3 aromatic carbocycles. The van der Waals surface area contributed by atoms with Gasteiger partial charge in [0.15, 0.2) is 6.10 Å². The summed E-state index contributed by atoms with van der Waals surface area (Å²) < 4.78 is 59.3. The van der Waals surface area contributed by atoms with Gasteiger partial charge in [0.2, 0.25) is 17.7 Å². The number of likely N-dealkylation sites (tertiary alicyclic amines) is 2. The van der Waals surface area contributed by atoms with Gasteiger partial charge < -0.3 is 34.6 Å². The molecular weight excluding hydrogens is 785 g/mol. The van der Waals surface area contributed by atoms with Crippen LogP contribution < -0.4 is 10.6 Å². The number of alkyl halides is 3. The molecule has 3 aromatic rings. The Hall–Kier alpha value is -5.77. The Morgan fingerprint density at radius 2 is 1.17 bits per heavy atom. The zero-order valence-corrected chi connectivity index (χ0v) is 34.0. The molecule has 0 aromatic heterocycles. The predicted octanol–water partition coefficient (Wildman–Crippen LogP) is 4.27. The first-order valence-corrected chi connectivity index (χ1v) is 19.9. The predicted molar refractivity (Wildman–Crippen MR) is 212 cm³/mol. The maximum absolute atomic E-state index is 14.7. The fourth-order valence-electron chi connectivity index (χ4n) is 7.81. The third-order valence-electron chi connectivity index (χ3n) is 10.9. The topological polar surface area (TPSA) is 161 Å². The summed E-state index contributed by atoms with van der Waals surface area (Å²) >= 11 is 0. The molecule has 0 unspecified atom stereocenters. The van der Waals surface area contributed by atoms with E-state index >= 15 is 0 Å². The van der Waals surface area contributed by atoms with E-state index in [1.54, 1.807) is 54.6 Å². The molecule has 5 rings (SSSR count). The van der Waals surface area contributed by atoms with Crippen LogP contribution in [-0.4, -0.2) is 109 Å². The lowest BCUT2D eigenvalue weighted by atomic mass is 9.92. The third kappa shape index (κ3) is 10.1. The number of amides is 4. The fourth-order valence-corrected chi connectivity index (χ4v) is 7.81. The lowest BCUT2D eigenvalue weighted by Gasteiger charge is -2.35. The minimum absolute atomic E-state index is 0.0808. The highest BCUT2D eigenvalue weighted by Crippen LogP contribution is 2.43. The van der Waals surface area contributed by atoms with Gasteiger partial charge in [-0.25, -0.2) is 9.59 Å². The SMILES string of the molecule is COC(=O)[C@@H]1CCCN1C(=O)[C@@H](Cc1ccccc1)NC(=O)[C@@H]1CCCN1C(=O)[C@@H](Cc1ccccc1)NC(=O)[C@@H](OC(=O)[C@@](OC)(c1ccccc1)C(F)(F)F)C(C)C. The van der Waals surface area contributed by atoms with Crippen LogP contribution in [0.2, 0.25) is 0 Å². The molecule has 2 heterocycles. The van der Waals surface area contributed by atoms with E-state index in [-0.39, 0.29) is 32.4 Å². The van der Waals surface area contributed by atoms with Gasteiger partial charge in [-0.2, -0.15) is 13.2 Å². The van der Waals surface area contributed by atoms with Crippen LogP contribution in [0.1, 0.15) is 56.2 Å². The van der Waals surface area contributed by atoms with Crippen molar-refractivity contribution >= 4 is 35.6 Å². The quantitative estimate of drug-likeness (QED) is 0.201. The standard InChI is InChI=1S/C44H51F3N4O9/c1-28(2)36(60-42(57)43(59-4,44(45,46)47)31-20-12-7-13-21-31)38(53)49-33(27-30-18-10-6-11-19-30)39(54)50-24-14-22-34(50)37(52)48-32(26-29-16-8-5-9-17-29)40(55)51-25-15-23-35(51)41(56)58-3/h5-13,16-21,28,32-36H,14-15,22-27H2,1-4H3,(H,48,52)(H,49,53)/t32-,33-,34+,35+,36+,43+/m1/s1. The van der Waals surface area contributed by atoms with Gasteiger partial charge in [0, 0.05) is 38.6 Å². The van der Waals surface area contributed by atoms with E-state index in [1.807, 2.05) is 6.07 Å². The number of esters is 2. The van der Waals surface area contributed by atoms with Crippen LogP contribution in [0, 0.1) is 5.92 Å². The lowest BCUT2D eigenvalue weighted by Crippen LogP contribution is -2.59. The highest BCUT2D eigenvalue weighted by molar-refractivity contribution is 5.96. The van der Waals surface area contributed by atoms with Gasteiger partial charge in [-0.05, 0) is 42.7 Å². The number of rotatable bonds is 16. The summed E-state index contributed by atoms with van der Waals surface area (Å²) in [6, 6.07) is 19.5. The van der Waals surface area contributed by atoms with Crippen molar-refractivity contribution in [2.75, 3.05) is 27.3 Å². The van der Waals surface area contributed by atoms with E-state index in [1.165, 1.54) is 49.0 Å². The van der Waals surface area contributed by atoms with E-state index in [0.29, 0.717) is 31.9 Å². The Balaban J connectivity index is 1.40. The van der Waals surface area contributed by atoms with Crippen LogP contribution in [0.25, 0.3) is 0 Å². The van der Waals surface area contributed by atoms with E-state index in [4.69, 9.17) is 14.2 Å². The van der Waals surface area contributed by atoms with Crippen LogP contribution in [0.3, 0.4) is 0 Å². The summed E-state index contributed by atoms with van der Waals surface area (Å²) in [7, 11) is 1.96. The first-order valence-electron chi connectivity index (χ1n) is 19.9. The van der Waals surface area contributed by atoms with Crippen molar-refractivity contribution in [1.29, 1.82) is 0 Å². The minimum Gasteiger partial charge on any atom is -0.467 e. The van der Waals surface area contributed by atoms with Crippen LogP contribution in [0.4, 0.5) is 13.2 Å². The average molecular weight is 837 g/mol. The number of nitrogens with zero attached hydrogens (tertiary/aromatic N) is 2. The van der Waals surface area contributed by atoms with Gasteiger partial charge in [-0.1, -0.05) is 105 Å². The maximum atomic E-state index is 14.7. The van der Waals surface area contributed by atoms with Crippen LogP contribution in [0.5, 0.6) is 0 Å². The third-order valence-corrected chi connectivity index (χ3v) is 10.9. The molecule has 0 saturated carbocycles. The highest BCUT2D eigenvalue weighted by Gasteiger charge is 2.64. The van der Waals surface area contributed by atoms with Gasteiger partial charge in [-0.3, -0.25) is 19.2 Å². The number of carbonyl (C=O) groups is 6. The Labute approximate surface area is 346 Å². The molecule has 6 atom stereocenters. The Morgan fingerprint density at radius 3 is 1.63 bits per heavy atom. The molecule has 13 nitrogen and oxygen atoms in total. The van der Waals surface area contributed by atoms with Gasteiger partial charge in [0.1, 0.15) is 24.2 Å². The molecule has 0 bridgehead atoms. The fraction of sp³-hybridized carbons (Fsp3) is 0.455. The lowest BCUT2D eigenvalue weighted by molar-refractivity contribution is -0.278. The molecule has 0 aliphatic carbocycles. The summed E-state index contributed by atoms with van der Waals surface area (Å²) in [5.41, 5.74) is -2.75. The van der Waals surface area contributed by atoms with Gasteiger partial charge in [0.25, 0.3) is 11.5 Å². The number of hydrogen-bond donors (Lipinski definition) is 2. The van der Waals surface area contributed by atoms with E-state index in [0.717, 1.165) is 17.7 Å². The molecule has 2 fully saturated rings. The van der Waals surface area contributed by atoms with Gasteiger partial charge in [0.05, 0.1) is 7.11 Å². The molecular formula is C44H51F3N4O9. The van der Waals surface area contributed by atoms with E-state index in [2.05, 4.69) is 10.6 Å². The number of carbonyl (C=O) groups excluding carboxylic acids is 6. The molecule has 16 heteroatoms. The molecule has 2 aliphatic rings. The smallest absolute Gasteiger partial charge is 0.432 e.